The molecule has 16 heavy (non-hydrogen) atoms. The highest BCUT2D eigenvalue weighted by Gasteiger charge is 2.01. The fourth-order valence-electron chi connectivity index (χ4n) is 1.77. The van der Waals surface area contributed by atoms with Gasteiger partial charge in [0, 0.05) is 12.2 Å². The molecule has 0 saturated heterocycles. The van der Waals surface area contributed by atoms with Gasteiger partial charge in [0.15, 0.2) is 0 Å². The maximum Gasteiger partial charge on any atom is 0.0340 e. The Hall–Kier alpha value is -0.980. The third-order valence-electron chi connectivity index (χ3n) is 3.20. The van der Waals surface area contributed by atoms with Gasteiger partial charge in [0.2, 0.25) is 0 Å². The molecule has 0 aliphatic heterocycles. The molecule has 1 heteroatoms. The molecule has 1 nitrogen and oxygen atoms in total. The van der Waals surface area contributed by atoms with E-state index in [4.69, 9.17) is 0 Å². The molecule has 1 N–H and O–H groups in total. The molecule has 1 aromatic carbocycles. The van der Waals surface area contributed by atoms with Crippen molar-refractivity contribution in [2.75, 3.05) is 11.9 Å². The van der Waals surface area contributed by atoms with Crippen LogP contribution in [0.25, 0.3) is 0 Å². The van der Waals surface area contributed by atoms with Crippen molar-refractivity contribution in [3.8, 4) is 0 Å². The number of anilines is 1. The quantitative estimate of drug-likeness (QED) is 0.649. The summed E-state index contributed by atoms with van der Waals surface area (Å²) >= 11 is 0. The molecule has 0 radical (unpaired) electrons. The highest BCUT2D eigenvalue weighted by molar-refractivity contribution is 5.45. The van der Waals surface area contributed by atoms with E-state index in [1.165, 1.54) is 36.9 Å². The molecular weight excluding hydrogens is 194 g/mol. The predicted molar refractivity (Wildman–Crippen MR) is 73.2 cm³/mol. The molecule has 0 aliphatic rings. The average Bonchev–Trinajstić information content (AvgIpc) is 2.34. The third kappa shape index (κ3) is 4.26. The van der Waals surface area contributed by atoms with E-state index in [9.17, 15) is 0 Å². The number of nitrogens with one attached hydrogen (secondary N) is 1. The van der Waals surface area contributed by atoms with Gasteiger partial charge >= 0.3 is 0 Å². The van der Waals surface area contributed by atoms with Gasteiger partial charge in [-0.1, -0.05) is 45.7 Å². The number of rotatable bonds is 7. The van der Waals surface area contributed by atoms with Gasteiger partial charge in [-0.3, -0.25) is 0 Å². The van der Waals surface area contributed by atoms with Crippen LogP contribution in [0.3, 0.4) is 0 Å². The normalized spacial score (nSPS) is 12.4. The molecule has 1 unspecified atom stereocenters. The number of benzene rings is 1. The Bertz CT molecular complexity index is 276. The van der Waals surface area contributed by atoms with Crippen LogP contribution in [0.2, 0.25) is 0 Å². The van der Waals surface area contributed by atoms with E-state index in [-0.39, 0.29) is 0 Å². The molecule has 0 spiro atoms. The highest BCUT2D eigenvalue weighted by Crippen LogP contribution is 2.20. The van der Waals surface area contributed by atoms with Crippen molar-refractivity contribution in [3.63, 3.8) is 0 Å². The lowest BCUT2D eigenvalue weighted by atomic mass is 9.99. The average molecular weight is 219 g/mol. The van der Waals surface area contributed by atoms with Gasteiger partial charge in [0.1, 0.15) is 0 Å². The fraction of sp³-hybridized carbons (Fsp3) is 0.600. The van der Waals surface area contributed by atoms with Crippen molar-refractivity contribution >= 4 is 5.69 Å². The molecular formula is C15H25N. The molecule has 0 aromatic heterocycles. The lowest BCUT2D eigenvalue weighted by Gasteiger charge is -2.10. The molecule has 0 amide bonds. The Balaban J connectivity index is 2.39. The maximum atomic E-state index is 3.46. The molecule has 0 bridgehead atoms. The van der Waals surface area contributed by atoms with Gasteiger partial charge in [-0.2, -0.15) is 0 Å². The van der Waals surface area contributed by atoms with Crippen LogP contribution in [0.4, 0.5) is 5.69 Å². The zero-order chi connectivity index (χ0) is 11.8. The van der Waals surface area contributed by atoms with E-state index in [2.05, 4.69) is 50.4 Å². The van der Waals surface area contributed by atoms with E-state index in [1.54, 1.807) is 0 Å². The standard InChI is InChI=1S/C15H25N/c1-4-6-7-12-16-15-10-8-14(9-11-15)13(3)5-2/h8-11,13,16H,4-7,12H2,1-3H3. The van der Waals surface area contributed by atoms with Crippen molar-refractivity contribution in [1.82, 2.24) is 0 Å². The van der Waals surface area contributed by atoms with Gasteiger partial charge in [0.25, 0.3) is 0 Å². The van der Waals surface area contributed by atoms with Crippen LogP contribution < -0.4 is 5.32 Å². The van der Waals surface area contributed by atoms with Crippen LogP contribution in [0.15, 0.2) is 24.3 Å². The first-order chi connectivity index (χ1) is 7.77. The lowest BCUT2D eigenvalue weighted by Crippen LogP contribution is -2.01. The Kier molecular flexibility index (Phi) is 5.99. The van der Waals surface area contributed by atoms with E-state index in [0.29, 0.717) is 5.92 Å². The van der Waals surface area contributed by atoms with Crippen molar-refractivity contribution in [1.29, 1.82) is 0 Å². The van der Waals surface area contributed by atoms with Crippen molar-refractivity contribution in [2.45, 2.75) is 52.4 Å². The van der Waals surface area contributed by atoms with Crippen LogP contribution in [-0.4, -0.2) is 6.54 Å². The Morgan fingerprint density at radius 3 is 2.31 bits per heavy atom. The second-order valence-electron chi connectivity index (χ2n) is 4.57. The topological polar surface area (TPSA) is 12.0 Å². The van der Waals surface area contributed by atoms with Crippen LogP contribution in [0.5, 0.6) is 0 Å². The molecule has 0 heterocycles. The summed E-state index contributed by atoms with van der Waals surface area (Å²) in [6, 6.07) is 8.90. The van der Waals surface area contributed by atoms with Gasteiger partial charge in [0.05, 0.1) is 0 Å². The number of unbranched alkanes of at least 4 members (excludes halogenated alkanes) is 2. The summed E-state index contributed by atoms with van der Waals surface area (Å²) in [7, 11) is 0. The molecule has 0 saturated carbocycles. The minimum atomic E-state index is 0.675. The summed E-state index contributed by atoms with van der Waals surface area (Å²) in [6.07, 6.45) is 5.08. The van der Waals surface area contributed by atoms with Crippen LogP contribution in [0, 0.1) is 0 Å². The summed E-state index contributed by atoms with van der Waals surface area (Å²) in [5.74, 6) is 0.675. The first-order valence-corrected chi connectivity index (χ1v) is 6.61. The fourth-order valence-corrected chi connectivity index (χ4v) is 1.77. The Morgan fingerprint density at radius 1 is 1.06 bits per heavy atom. The molecule has 1 atom stereocenters. The minimum absolute atomic E-state index is 0.675. The molecule has 1 rings (SSSR count). The Morgan fingerprint density at radius 2 is 1.75 bits per heavy atom. The number of hydrogen-bond acceptors (Lipinski definition) is 1. The van der Waals surface area contributed by atoms with E-state index in [0.717, 1.165) is 6.54 Å². The second kappa shape index (κ2) is 7.32. The van der Waals surface area contributed by atoms with Crippen LogP contribution >= 0.6 is 0 Å². The molecule has 1 aromatic rings. The smallest absolute Gasteiger partial charge is 0.0340 e. The van der Waals surface area contributed by atoms with Gasteiger partial charge in [-0.05, 0) is 36.5 Å². The summed E-state index contributed by atoms with van der Waals surface area (Å²) in [4.78, 5) is 0. The third-order valence-corrected chi connectivity index (χ3v) is 3.20. The zero-order valence-corrected chi connectivity index (χ0v) is 10.9. The van der Waals surface area contributed by atoms with Gasteiger partial charge in [-0.15, -0.1) is 0 Å². The minimum Gasteiger partial charge on any atom is -0.385 e. The summed E-state index contributed by atoms with van der Waals surface area (Å²) in [5.41, 5.74) is 2.70. The van der Waals surface area contributed by atoms with E-state index in [1.807, 2.05) is 0 Å². The number of hydrogen-bond donors (Lipinski definition) is 1. The zero-order valence-electron chi connectivity index (χ0n) is 10.9. The highest BCUT2D eigenvalue weighted by atomic mass is 14.9. The summed E-state index contributed by atoms with van der Waals surface area (Å²) in [5, 5.41) is 3.46. The van der Waals surface area contributed by atoms with Crippen molar-refractivity contribution < 1.29 is 0 Å². The van der Waals surface area contributed by atoms with E-state index < -0.39 is 0 Å². The van der Waals surface area contributed by atoms with Crippen LogP contribution in [-0.2, 0) is 0 Å². The first-order valence-electron chi connectivity index (χ1n) is 6.61. The first kappa shape index (κ1) is 13.1. The van der Waals surface area contributed by atoms with Crippen LogP contribution in [0.1, 0.15) is 57.9 Å². The summed E-state index contributed by atoms with van der Waals surface area (Å²) < 4.78 is 0. The predicted octanol–water partition coefficient (Wildman–Crippen LogP) is 4.80. The van der Waals surface area contributed by atoms with Gasteiger partial charge < -0.3 is 5.32 Å². The molecule has 90 valence electrons. The molecule has 0 fully saturated rings. The SMILES string of the molecule is CCCCCNc1ccc(C(C)CC)cc1. The maximum absolute atomic E-state index is 3.46. The summed E-state index contributed by atoms with van der Waals surface area (Å²) in [6.45, 7) is 7.85. The molecule has 0 aliphatic carbocycles. The monoisotopic (exact) mass is 219 g/mol. The second-order valence-corrected chi connectivity index (χ2v) is 4.57. The largest absolute Gasteiger partial charge is 0.385 e. The van der Waals surface area contributed by atoms with Crippen molar-refractivity contribution in [2.24, 2.45) is 0 Å². The van der Waals surface area contributed by atoms with Gasteiger partial charge in [-0.25, -0.2) is 0 Å². The Labute approximate surface area is 100 Å². The van der Waals surface area contributed by atoms with E-state index >= 15 is 0 Å². The van der Waals surface area contributed by atoms with Crippen molar-refractivity contribution in [3.05, 3.63) is 29.8 Å². The lowest BCUT2D eigenvalue weighted by molar-refractivity contribution is 0.733.